The lowest BCUT2D eigenvalue weighted by Crippen LogP contribution is -1.85. The summed E-state index contributed by atoms with van der Waals surface area (Å²) in [6.07, 6.45) is 0. The van der Waals surface area contributed by atoms with Gasteiger partial charge in [0.1, 0.15) is 5.75 Å². The molecule has 2 rings (SSSR count). The zero-order valence-electron chi connectivity index (χ0n) is 7.50. The number of carbonyl (C=O) groups is 1. The van der Waals surface area contributed by atoms with E-state index in [9.17, 15) is 4.79 Å². The number of methoxy groups -OCH3 is 1. The number of aromatic amines is 1. The van der Waals surface area contributed by atoms with Gasteiger partial charge in [0.05, 0.1) is 12.8 Å². The number of hydrogen-bond acceptors (Lipinski definition) is 2. The standard InChI is InChI=1S/C10H8ClNO2/c1-14-9-4-2-3-7-6(9)5-8(12-7)10(11)13/h2-5,12H,1H3. The Labute approximate surface area is 85.6 Å². The number of aromatic nitrogens is 1. The van der Waals surface area contributed by atoms with Crippen molar-refractivity contribution in [2.45, 2.75) is 0 Å². The Balaban J connectivity index is 2.70. The molecule has 4 heteroatoms. The van der Waals surface area contributed by atoms with Crippen LogP contribution >= 0.6 is 11.6 Å². The van der Waals surface area contributed by atoms with Crippen molar-refractivity contribution in [2.24, 2.45) is 0 Å². The molecule has 72 valence electrons. The number of halogens is 1. The minimum absolute atomic E-state index is 0.381. The van der Waals surface area contributed by atoms with Gasteiger partial charge in [0.2, 0.25) is 0 Å². The van der Waals surface area contributed by atoms with Gasteiger partial charge in [-0.25, -0.2) is 0 Å². The van der Waals surface area contributed by atoms with E-state index >= 15 is 0 Å². The first-order valence-electron chi connectivity index (χ1n) is 4.08. The number of rotatable bonds is 2. The SMILES string of the molecule is COc1cccc2[nH]c(C(=O)Cl)cc12. The Kier molecular flexibility index (Phi) is 2.17. The highest BCUT2D eigenvalue weighted by Crippen LogP contribution is 2.26. The molecule has 0 radical (unpaired) electrons. The fourth-order valence-corrected chi connectivity index (χ4v) is 1.51. The molecule has 0 aliphatic carbocycles. The van der Waals surface area contributed by atoms with E-state index in [1.54, 1.807) is 13.2 Å². The predicted octanol–water partition coefficient (Wildman–Crippen LogP) is 2.56. The van der Waals surface area contributed by atoms with Crippen LogP contribution in [0.15, 0.2) is 24.3 Å². The average Bonchev–Trinajstić information content (AvgIpc) is 2.60. The largest absolute Gasteiger partial charge is 0.496 e. The van der Waals surface area contributed by atoms with E-state index in [1.807, 2.05) is 18.2 Å². The van der Waals surface area contributed by atoms with Gasteiger partial charge in [0, 0.05) is 10.9 Å². The molecule has 14 heavy (non-hydrogen) atoms. The van der Waals surface area contributed by atoms with Gasteiger partial charge >= 0.3 is 0 Å². The smallest absolute Gasteiger partial charge is 0.268 e. The van der Waals surface area contributed by atoms with Crippen LogP contribution in [-0.4, -0.2) is 17.3 Å². The van der Waals surface area contributed by atoms with Crippen molar-refractivity contribution in [2.75, 3.05) is 7.11 Å². The summed E-state index contributed by atoms with van der Waals surface area (Å²) in [6, 6.07) is 7.23. The average molecular weight is 210 g/mol. The number of ether oxygens (including phenoxy) is 1. The summed E-state index contributed by atoms with van der Waals surface area (Å²) < 4.78 is 5.15. The number of fused-ring (bicyclic) bond motifs is 1. The Bertz CT molecular complexity index is 490. The first-order chi connectivity index (χ1) is 6.72. The lowest BCUT2D eigenvalue weighted by molar-refractivity contribution is 0.107. The van der Waals surface area contributed by atoms with Crippen LogP contribution < -0.4 is 4.74 Å². The second kappa shape index (κ2) is 3.35. The lowest BCUT2D eigenvalue weighted by Gasteiger charge is -1.99. The summed E-state index contributed by atoms with van der Waals surface area (Å²) in [5, 5.41) is 0.363. The van der Waals surface area contributed by atoms with E-state index < -0.39 is 5.24 Å². The maximum atomic E-state index is 10.9. The zero-order chi connectivity index (χ0) is 10.1. The summed E-state index contributed by atoms with van der Waals surface area (Å²) in [4.78, 5) is 13.8. The van der Waals surface area contributed by atoms with E-state index in [-0.39, 0.29) is 0 Å². The molecular weight excluding hydrogens is 202 g/mol. The lowest BCUT2D eigenvalue weighted by atomic mass is 10.2. The molecule has 0 atom stereocenters. The molecule has 1 N–H and O–H groups in total. The van der Waals surface area contributed by atoms with Gasteiger partial charge < -0.3 is 9.72 Å². The Morgan fingerprint density at radius 1 is 1.50 bits per heavy atom. The van der Waals surface area contributed by atoms with Crippen LogP contribution in [0, 0.1) is 0 Å². The predicted molar refractivity (Wildman–Crippen MR) is 55.0 cm³/mol. The molecule has 0 aliphatic heterocycles. The number of benzene rings is 1. The highest BCUT2D eigenvalue weighted by atomic mass is 35.5. The van der Waals surface area contributed by atoms with Gasteiger partial charge in [-0.2, -0.15) is 0 Å². The zero-order valence-corrected chi connectivity index (χ0v) is 8.26. The first kappa shape index (κ1) is 9.09. The molecule has 0 aliphatic rings. The molecule has 0 saturated carbocycles. The molecule has 0 spiro atoms. The normalized spacial score (nSPS) is 10.4. The highest BCUT2D eigenvalue weighted by Gasteiger charge is 2.09. The molecule has 0 saturated heterocycles. The van der Waals surface area contributed by atoms with Crippen LogP contribution in [0.2, 0.25) is 0 Å². The van der Waals surface area contributed by atoms with Crippen molar-refractivity contribution in [1.82, 2.24) is 4.98 Å². The maximum absolute atomic E-state index is 10.9. The second-order valence-corrected chi connectivity index (χ2v) is 3.22. The van der Waals surface area contributed by atoms with Gasteiger partial charge in [0.15, 0.2) is 0 Å². The van der Waals surface area contributed by atoms with Crippen molar-refractivity contribution in [1.29, 1.82) is 0 Å². The van der Waals surface area contributed by atoms with Gasteiger partial charge in [-0.15, -0.1) is 0 Å². The van der Waals surface area contributed by atoms with Gasteiger partial charge in [-0.05, 0) is 29.8 Å². The summed E-state index contributed by atoms with van der Waals surface area (Å²) in [7, 11) is 1.59. The minimum atomic E-state index is -0.497. The van der Waals surface area contributed by atoms with Gasteiger partial charge in [-0.3, -0.25) is 4.79 Å². The van der Waals surface area contributed by atoms with Gasteiger partial charge in [0.25, 0.3) is 5.24 Å². The molecule has 1 heterocycles. The molecule has 0 amide bonds. The number of H-pyrrole nitrogens is 1. The highest BCUT2D eigenvalue weighted by molar-refractivity contribution is 6.67. The Hall–Kier alpha value is -1.48. The third-order valence-corrected chi connectivity index (χ3v) is 2.26. The molecule has 1 aromatic carbocycles. The number of carbonyl (C=O) groups excluding carboxylic acids is 1. The van der Waals surface area contributed by atoms with Crippen molar-refractivity contribution in [3.63, 3.8) is 0 Å². The van der Waals surface area contributed by atoms with Crippen molar-refractivity contribution >= 4 is 27.7 Å². The van der Waals surface area contributed by atoms with Crippen LogP contribution in [0.4, 0.5) is 0 Å². The second-order valence-electron chi connectivity index (χ2n) is 2.88. The van der Waals surface area contributed by atoms with Crippen molar-refractivity contribution in [3.05, 3.63) is 30.0 Å². The molecular formula is C10H8ClNO2. The van der Waals surface area contributed by atoms with Crippen molar-refractivity contribution in [3.8, 4) is 5.75 Å². The van der Waals surface area contributed by atoms with E-state index in [0.29, 0.717) is 5.69 Å². The topological polar surface area (TPSA) is 42.1 Å². The van der Waals surface area contributed by atoms with Gasteiger partial charge in [-0.1, -0.05) is 6.07 Å². The van der Waals surface area contributed by atoms with Crippen LogP contribution in [0.3, 0.4) is 0 Å². The molecule has 2 aromatic rings. The Morgan fingerprint density at radius 2 is 2.29 bits per heavy atom. The maximum Gasteiger partial charge on any atom is 0.268 e. The van der Waals surface area contributed by atoms with Crippen LogP contribution in [0.1, 0.15) is 10.5 Å². The summed E-state index contributed by atoms with van der Waals surface area (Å²) in [5.74, 6) is 0.725. The molecule has 0 bridgehead atoms. The third kappa shape index (κ3) is 1.36. The molecule has 3 nitrogen and oxygen atoms in total. The first-order valence-corrected chi connectivity index (χ1v) is 4.45. The fraction of sp³-hybridized carbons (Fsp3) is 0.100. The molecule has 0 fully saturated rings. The third-order valence-electron chi connectivity index (χ3n) is 2.06. The fourth-order valence-electron chi connectivity index (χ4n) is 1.41. The van der Waals surface area contributed by atoms with Crippen LogP contribution in [0.25, 0.3) is 10.9 Å². The summed E-state index contributed by atoms with van der Waals surface area (Å²) in [6.45, 7) is 0. The quantitative estimate of drug-likeness (QED) is 0.773. The number of hydrogen-bond donors (Lipinski definition) is 1. The van der Waals surface area contributed by atoms with Crippen LogP contribution in [-0.2, 0) is 0 Å². The van der Waals surface area contributed by atoms with E-state index in [0.717, 1.165) is 16.7 Å². The van der Waals surface area contributed by atoms with E-state index in [4.69, 9.17) is 16.3 Å². The molecule has 0 unspecified atom stereocenters. The number of nitrogens with one attached hydrogen (secondary N) is 1. The van der Waals surface area contributed by atoms with Crippen LogP contribution in [0.5, 0.6) is 5.75 Å². The van der Waals surface area contributed by atoms with Crippen molar-refractivity contribution < 1.29 is 9.53 Å². The summed E-state index contributed by atoms with van der Waals surface area (Å²) in [5.41, 5.74) is 1.22. The van der Waals surface area contributed by atoms with E-state index in [1.165, 1.54) is 0 Å². The van der Waals surface area contributed by atoms with E-state index in [2.05, 4.69) is 4.98 Å². The summed E-state index contributed by atoms with van der Waals surface area (Å²) >= 11 is 5.36. The monoisotopic (exact) mass is 209 g/mol. The Morgan fingerprint density at radius 3 is 2.93 bits per heavy atom. The minimum Gasteiger partial charge on any atom is -0.496 e. The molecule has 1 aromatic heterocycles.